The van der Waals surface area contributed by atoms with Gasteiger partial charge in [0.25, 0.3) is 0 Å². The van der Waals surface area contributed by atoms with E-state index in [1.807, 2.05) is 36.8 Å². The van der Waals surface area contributed by atoms with Crippen molar-refractivity contribution in [1.29, 1.82) is 0 Å². The highest BCUT2D eigenvalue weighted by Crippen LogP contribution is 2.16. The Morgan fingerprint density at radius 3 is 2.69 bits per heavy atom. The van der Waals surface area contributed by atoms with Crippen molar-refractivity contribution in [2.24, 2.45) is 0 Å². The van der Waals surface area contributed by atoms with Crippen molar-refractivity contribution >= 4 is 32.6 Å². The van der Waals surface area contributed by atoms with Crippen LogP contribution in [0.3, 0.4) is 0 Å². The van der Waals surface area contributed by atoms with Crippen LogP contribution < -0.4 is 5.11 Å². The fourth-order valence-electron chi connectivity index (χ4n) is 0.924. The second-order valence-corrected chi connectivity index (χ2v) is 5.78. The number of hydrogen-bond donors (Lipinski definition) is 0. The minimum absolute atomic E-state index is 0.0574. The van der Waals surface area contributed by atoms with E-state index < -0.39 is 0 Å². The lowest BCUT2D eigenvalue weighted by Crippen LogP contribution is -2.04. The van der Waals surface area contributed by atoms with Crippen molar-refractivity contribution in [2.45, 2.75) is 0 Å². The van der Waals surface area contributed by atoms with Crippen LogP contribution in [0.15, 0.2) is 34.1 Å². The Bertz CT molecular complexity index is 320. The third-order valence-corrected chi connectivity index (χ3v) is 2.63. The molecule has 0 radical (unpaired) electrons. The second kappa shape index (κ2) is 4.72. The molecule has 1 nitrogen and oxygen atoms in total. The molecule has 0 unspecified atom stereocenters. The highest BCUT2D eigenvalue weighted by atomic mass is 79.9. The highest BCUT2D eigenvalue weighted by Gasteiger charge is 1.98. The first-order valence-electron chi connectivity index (χ1n) is 3.81. The van der Waals surface area contributed by atoms with Crippen LogP contribution in [0.4, 0.5) is 0 Å². The Labute approximate surface area is 90.0 Å². The van der Waals surface area contributed by atoms with Crippen LogP contribution in [-0.4, -0.2) is 12.5 Å². The molecule has 13 heavy (non-hydrogen) atoms. The first-order valence-corrected chi connectivity index (χ1v) is 6.70. The third kappa shape index (κ3) is 3.44. The molecular formula is C10H11BrOS. The zero-order valence-corrected chi connectivity index (χ0v) is 9.98. The molecule has 3 heteroatoms. The van der Waals surface area contributed by atoms with Gasteiger partial charge < -0.3 is 5.11 Å². The molecule has 0 saturated heterocycles. The summed E-state index contributed by atoms with van der Waals surface area (Å²) in [6, 6.07) is 7.45. The third-order valence-electron chi connectivity index (χ3n) is 1.45. The lowest BCUT2D eigenvalue weighted by atomic mass is 10.2. The Hall–Kier alpha value is -0.410. The van der Waals surface area contributed by atoms with Crippen LogP contribution in [0.25, 0.3) is 5.76 Å². The summed E-state index contributed by atoms with van der Waals surface area (Å²) in [6.45, 7) is 0. The maximum absolute atomic E-state index is 11.5. The van der Waals surface area contributed by atoms with Crippen molar-refractivity contribution in [3.8, 4) is 0 Å². The van der Waals surface area contributed by atoms with Gasteiger partial charge >= 0.3 is 0 Å². The maximum atomic E-state index is 11.5. The summed E-state index contributed by atoms with van der Waals surface area (Å²) in [6.07, 6.45) is 4.05. The molecule has 0 fully saturated rings. The predicted octanol–water partition coefficient (Wildman–Crippen LogP) is 1.99. The van der Waals surface area contributed by atoms with Crippen molar-refractivity contribution in [3.05, 3.63) is 39.7 Å². The minimum Gasteiger partial charge on any atom is -0.869 e. The van der Waals surface area contributed by atoms with Crippen LogP contribution in [0.2, 0.25) is 0 Å². The zero-order valence-electron chi connectivity index (χ0n) is 7.58. The fourth-order valence-corrected chi connectivity index (χ4v) is 1.89. The Kier molecular flexibility index (Phi) is 3.88. The topological polar surface area (TPSA) is 23.1 Å². The van der Waals surface area contributed by atoms with E-state index >= 15 is 0 Å². The molecule has 0 N–H and O–H groups in total. The minimum atomic E-state index is 0.0574. The molecule has 0 aliphatic heterocycles. The van der Waals surface area contributed by atoms with Crippen LogP contribution in [-0.2, 0) is 10.9 Å². The van der Waals surface area contributed by atoms with Gasteiger partial charge in [0.2, 0.25) is 0 Å². The molecule has 1 aromatic carbocycles. The lowest BCUT2D eigenvalue weighted by molar-refractivity contribution is -0.243. The summed E-state index contributed by atoms with van der Waals surface area (Å²) in [5.74, 6) is 0.106. The van der Waals surface area contributed by atoms with E-state index in [4.69, 9.17) is 0 Å². The molecule has 0 aliphatic rings. The average Bonchev–Trinajstić information content (AvgIpc) is 2.03. The molecule has 0 aromatic heterocycles. The second-order valence-electron chi connectivity index (χ2n) is 2.87. The summed E-state index contributed by atoms with van der Waals surface area (Å²) >= 11 is 3.33. The predicted molar refractivity (Wildman–Crippen MR) is 61.3 cm³/mol. The number of benzene rings is 1. The number of rotatable bonds is 2. The van der Waals surface area contributed by atoms with Crippen LogP contribution in [0.1, 0.15) is 5.56 Å². The largest absolute Gasteiger partial charge is 0.869 e. The van der Waals surface area contributed by atoms with Crippen molar-refractivity contribution < 1.29 is 5.11 Å². The van der Waals surface area contributed by atoms with Gasteiger partial charge in [-0.1, -0.05) is 33.8 Å². The average molecular weight is 259 g/mol. The molecular weight excluding hydrogens is 248 g/mol. The summed E-state index contributed by atoms with van der Waals surface area (Å²) in [7, 11) is 0.0574. The number of hydrogen-bond acceptors (Lipinski definition) is 1. The normalized spacial score (nSPS) is 12.2. The monoisotopic (exact) mass is 258 g/mol. The van der Waals surface area contributed by atoms with Crippen LogP contribution in [0.5, 0.6) is 0 Å². The van der Waals surface area contributed by atoms with E-state index in [1.165, 1.54) is 0 Å². The lowest BCUT2D eigenvalue weighted by Gasteiger charge is -2.09. The van der Waals surface area contributed by atoms with E-state index in [0.717, 1.165) is 10.0 Å². The molecule has 70 valence electrons. The van der Waals surface area contributed by atoms with E-state index in [1.54, 1.807) is 5.41 Å². The van der Waals surface area contributed by atoms with E-state index in [-0.39, 0.29) is 16.7 Å². The zero-order chi connectivity index (χ0) is 9.84. The standard InChI is InChI=1S/C10H11BrOS/c1-13(2)7-10(12)8-4-3-5-9(11)6-8/h3-7H,1-2H3/b10-7-. The van der Waals surface area contributed by atoms with Gasteiger partial charge in [-0.05, 0) is 17.7 Å². The molecule has 0 amide bonds. The molecule has 0 saturated carbocycles. The van der Waals surface area contributed by atoms with Crippen molar-refractivity contribution in [3.63, 3.8) is 0 Å². The Morgan fingerprint density at radius 2 is 2.15 bits per heavy atom. The van der Waals surface area contributed by atoms with Gasteiger partial charge in [0.05, 0.1) is 0 Å². The van der Waals surface area contributed by atoms with Crippen LogP contribution >= 0.6 is 15.9 Å². The quantitative estimate of drug-likeness (QED) is 0.588. The molecule has 0 heterocycles. The number of halogens is 1. The first kappa shape index (κ1) is 10.7. The Morgan fingerprint density at radius 1 is 1.46 bits per heavy atom. The van der Waals surface area contributed by atoms with E-state index in [2.05, 4.69) is 15.9 Å². The fraction of sp³-hybridized carbons (Fsp3) is 0.200. The van der Waals surface area contributed by atoms with Gasteiger partial charge in [-0.25, -0.2) is 0 Å². The molecule has 0 spiro atoms. The van der Waals surface area contributed by atoms with E-state index in [9.17, 15) is 5.11 Å². The molecule has 0 bridgehead atoms. The summed E-state index contributed by atoms with van der Waals surface area (Å²) < 4.78 is 0.943. The summed E-state index contributed by atoms with van der Waals surface area (Å²) in [5.41, 5.74) is 0.746. The van der Waals surface area contributed by atoms with Crippen LogP contribution in [0, 0.1) is 0 Å². The van der Waals surface area contributed by atoms with Gasteiger partial charge in [-0.15, -0.1) is 0 Å². The SMILES string of the molecule is C[S+](C)/C=C(\[O-])c1cccc(Br)c1. The van der Waals surface area contributed by atoms with Crippen molar-refractivity contribution in [2.75, 3.05) is 12.5 Å². The Balaban J connectivity index is 2.95. The van der Waals surface area contributed by atoms with Gasteiger partial charge in [0.15, 0.2) is 0 Å². The summed E-state index contributed by atoms with van der Waals surface area (Å²) in [5, 5.41) is 13.3. The van der Waals surface area contributed by atoms with E-state index in [0.29, 0.717) is 0 Å². The summed E-state index contributed by atoms with van der Waals surface area (Å²) in [4.78, 5) is 0. The molecule has 0 aliphatic carbocycles. The molecule has 0 atom stereocenters. The molecule has 1 aromatic rings. The van der Waals surface area contributed by atoms with Gasteiger partial charge in [0, 0.05) is 15.4 Å². The highest BCUT2D eigenvalue weighted by molar-refractivity contribution is 9.10. The van der Waals surface area contributed by atoms with Gasteiger partial charge in [-0.2, -0.15) is 0 Å². The smallest absolute Gasteiger partial charge is 0.111 e. The van der Waals surface area contributed by atoms with Gasteiger partial charge in [0.1, 0.15) is 17.9 Å². The molecule has 1 rings (SSSR count). The maximum Gasteiger partial charge on any atom is 0.111 e. The van der Waals surface area contributed by atoms with Crippen molar-refractivity contribution in [1.82, 2.24) is 0 Å². The van der Waals surface area contributed by atoms with Gasteiger partial charge in [-0.3, -0.25) is 0 Å². The first-order chi connectivity index (χ1) is 6.09.